The van der Waals surface area contributed by atoms with Crippen molar-refractivity contribution in [2.75, 3.05) is 13.6 Å². The van der Waals surface area contributed by atoms with Crippen LogP contribution in [0.25, 0.3) is 0 Å². The highest BCUT2D eigenvalue weighted by atomic mass is 35.5. The van der Waals surface area contributed by atoms with Gasteiger partial charge in [0.25, 0.3) is 0 Å². The summed E-state index contributed by atoms with van der Waals surface area (Å²) in [6.45, 7) is 1.73. The Labute approximate surface area is 88.5 Å². The first-order valence-corrected chi connectivity index (χ1v) is 4.89. The largest absolute Gasteiger partial charge is 0.320 e. The zero-order chi connectivity index (χ0) is 10.4. The van der Waals surface area contributed by atoms with E-state index in [4.69, 9.17) is 16.9 Å². The predicted molar refractivity (Wildman–Crippen MR) is 55.1 cm³/mol. The van der Waals surface area contributed by atoms with Crippen LogP contribution < -0.4 is 5.32 Å². The van der Waals surface area contributed by atoms with E-state index in [1.807, 2.05) is 11.6 Å². The molecule has 0 saturated heterocycles. The molecule has 0 aliphatic heterocycles. The predicted octanol–water partition coefficient (Wildman–Crippen LogP) is 1.21. The van der Waals surface area contributed by atoms with Crippen molar-refractivity contribution in [3.63, 3.8) is 0 Å². The van der Waals surface area contributed by atoms with Crippen LogP contribution in [-0.4, -0.2) is 23.1 Å². The van der Waals surface area contributed by atoms with Crippen LogP contribution in [0.3, 0.4) is 0 Å². The first kappa shape index (κ1) is 11.0. The minimum atomic E-state index is 0.360. The summed E-state index contributed by atoms with van der Waals surface area (Å²) in [5.74, 6) is 0. The van der Waals surface area contributed by atoms with Gasteiger partial charge in [0.2, 0.25) is 5.28 Å². The molecule has 0 aliphatic rings. The third-order valence-electron chi connectivity index (χ3n) is 1.96. The van der Waals surface area contributed by atoms with Crippen molar-refractivity contribution >= 4 is 11.6 Å². The average Bonchev–Trinajstić information content (AvgIpc) is 2.50. The highest BCUT2D eigenvalue weighted by Crippen LogP contribution is 2.11. The molecule has 1 N–H and O–H groups in total. The fourth-order valence-corrected chi connectivity index (χ4v) is 1.50. The van der Waals surface area contributed by atoms with E-state index in [0.29, 0.717) is 11.7 Å². The molecule has 0 saturated carbocycles. The van der Waals surface area contributed by atoms with Crippen LogP contribution >= 0.6 is 11.6 Å². The maximum absolute atomic E-state index is 8.58. The molecule has 1 aromatic heterocycles. The number of aromatic nitrogens is 2. The summed E-state index contributed by atoms with van der Waals surface area (Å²) in [5, 5.41) is 12.1. The molecule has 1 aromatic rings. The van der Waals surface area contributed by atoms with Crippen molar-refractivity contribution in [1.29, 1.82) is 5.26 Å². The average molecular weight is 213 g/mol. The Kier molecular flexibility index (Phi) is 4.44. The third kappa shape index (κ3) is 2.72. The van der Waals surface area contributed by atoms with Gasteiger partial charge in [-0.25, -0.2) is 4.98 Å². The number of hydrogen-bond acceptors (Lipinski definition) is 3. The molecule has 4 nitrogen and oxygen atoms in total. The maximum atomic E-state index is 8.58. The molecule has 76 valence electrons. The van der Waals surface area contributed by atoms with Gasteiger partial charge in [-0.3, -0.25) is 0 Å². The Bertz CT molecular complexity index is 326. The fourth-order valence-electron chi connectivity index (χ4n) is 1.26. The van der Waals surface area contributed by atoms with E-state index < -0.39 is 0 Å². The lowest BCUT2D eigenvalue weighted by atomic mass is 10.3. The van der Waals surface area contributed by atoms with E-state index in [1.54, 1.807) is 6.20 Å². The second-order valence-electron chi connectivity index (χ2n) is 2.96. The lowest BCUT2D eigenvalue weighted by molar-refractivity contribution is 0.600. The number of hydrogen-bond donors (Lipinski definition) is 1. The molecule has 0 fully saturated rings. The summed E-state index contributed by atoms with van der Waals surface area (Å²) in [6, 6.07) is 2.09. The standard InChI is InChI=1S/C9H13ClN4/c1-12-5-2-6-14-8(3-4-11)7-13-9(14)10/h7,12H,2-3,5-6H2,1H3. The summed E-state index contributed by atoms with van der Waals surface area (Å²) in [7, 11) is 1.91. The molecule has 0 atom stereocenters. The second-order valence-corrected chi connectivity index (χ2v) is 3.30. The van der Waals surface area contributed by atoms with Crippen molar-refractivity contribution in [1.82, 2.24) is 14.9 Å². The molecule has 0 spiro atoms. The lowest BCUT2D eigenvalue weighted by Gasteiger charge is -2.06. The van der Waals surface area contributed by atoms with Crippen molar-refractivity contribution in [3.05, 3.63) is 17.2 Å². The molecule has 1 heterocycles. The topological polar surface area (TPSA) is 53.6 Å². The van der Waals surface area contributed by atoms with Gasteiger partial charge in [0.1, 0.15) is 0 Å². The molecular weight excluding hydrogens is 200 g/mol. The number of nitriles is 1. The monoisotopic (exact) mass is 212 g/mol. The van der Waals surface area contributed by atoms with Gasteiger partial charge < -0.3 is 9.88 Å². The van der Waals surface area contributed by atoms with E-state index >= 15 is 0 Å². The van der Waals surface area contributed by atoms with Crippen molar-refractivity contribution in [2.24, 2.45) is 0 Å². The smallest absolute Gasteiger partial charge is 0.202 e. The summed E-state index contributed by atoms with van der Waals surface area (Å²) in [6.07, 6.45) is 3.00. The summed E-state index contributed by atoms with van der Waals surface area (Å²) >= 11 is 5.88. The van der Waals surface area contributed by atoms with Gasteiger partial charge in [0.15, 0.2) is 0 Å². The minimum absolute atomic E-state index is 0.360. The molecule has 1 rings (SSSR count). The molecule has 0 bridgehead atoms. The molecule has 14 heavy (non-hydrogen) atoms. The quantitative estimate of drug-likeness (QED) is 0.747. The number of nitrogens with one attached hydrogen (secondary N) is 1. The first-order valence-electron chi connectivity index (χ1n) is 4.51. The number of halogens is 1. The SMILES string of the molecule is CNCCCn1c(CC#N)cnc1Cl. The van der Waals surface area contributed by atoms with E-state index in [-0.39, 0.29) is 0 Å². The molecule has 0 aliphatic carbocycles. The minimum Gasteiger partial charge on any atom is -0.320 e. The molecule has 5 heteroatoms. The third-order valence-corrected chi connectivity index (χ3v) is 2.26. The van der Waals surface area contributed by atoms with Crippen LogP contribution in [-0.2, 0) is 13.0 Å². The second kappa shape index (κ2) is 5.63. The van der Waals surface area contributed by atoms with Crippen molar-refractivity contribution < 1.29 is 0 Å². The van der Waals surface area contributed by atoms with E-state index in [2.05, 4.69) is 16.4 Å². The number of imidazole rings is 1. The summed E-state index contributed by atoms with van der Waals surface area (Å²) in [4.78, 5) is 3.97. The van der Waals surface area contributed by atoms with Crippen LogP contribution in [0.5, 0.6) is 0 Å². The fraction of sp³-hybridized carbons (Fsp3) is 0.556. The highest BCUT2D eigenvalue weighted by Gasteiger charge is 2.06. The Morgan fingerprint density at radius 3 is 3.14 bits per heavy atom. The van der Waals surface area contributed by atoms with E-state index in [0.717, 1.165) is 25.2 Å². The van der Waals surface area contributed by atoms with Gasteiger partial charge in [-0.1, -0.05) is 0 Å². The van der Waals surface area contributed by atoms with Crippen molar-refractivity contribution in [3.8, 4) is 6.07 Å². The molecule has 0 aromatic carbocycles. The van der Waals surface area contributed by atoms with Crippen LogP contribution in [0.2, 0.25) is 5.28 Å². The van der Waals surface area contributed by atoms with Crippen LogP contribution in [0.15, 0.2) is 6.20 Å². The lowest BCUT2D eigenvalue weighted by Crippen LogP contribution is -2.12. The Morgan fingerprint density at radius 2 is 2.50 bits per heavy atom. The zero-order valence-electron chi connectivity index (χ0n) is 8.13. The van der Waals surface area contributed by atoms with Crippen LogP contribution in [0, 0.1) is 11.3 Å². The van der Waals surface area contributed by atoms with Crippen molar-refractivity contribution in [2.45, 2.75) is 19.4 Å². The number of nitrogens with zero attached hydrogens (tertiary/aromatic N) is 3. The van der Waals surface area contributed by atoms with Crippen LogP contribution in [0.1, 0.15) is 12.1 Å². The molecule has 0 unspecified atom stereocenters. The molecule has 0 radical (unpaired) electrons. The zero-order valence-corrected chi connectivity index (χ0v) is 8.88. The number of rotatable bonds is 5. The first-order chi connectivity index (χ1) is 6.79. The Morgan fingerprint density at radius 1 is 1.71 bits per heavy atom. The highest BCUT2D eigenvalue weighted by molar-refractivity contribution is 6.28. The van der Waals surface area contributed by atoms with Gasteiger partial charge in [0, 0.05) is 6.54 Å². The van der Waals surface area contributed by atoms with Gasteiger partial charge in [-0.15, -0.1) is 0 Å². The summed E-state index contributed by atoms with van der Waals surface area (Å²) in [5.41, 5.74) is 0.883. The van der Waals surface area contributed by atoms with Gasteiger partial charge in [-0.2, -0.15) is 5.26 Å². The Hall–Kier alpha value is -1.05. The molecular formula is C9H13ClN4. The van der Waals surface area contributed by atoms with E-state index in [9.17, 15) is 0 Å². The summed E-state index contributed by atoms with van der Waals surface area (Å²) < 4.78 is 1.88. The van der Waals surface area contributed by atoms with Gasteiger partial charge in [0.05, 0.1) is 24.4 Å². The maximum Gasteiger partial charge on any atom is 0.202 e. The Balaban J connectivity index is 2.63. The normalized spacial score (nSPS) is 10.1. The van der Waals surface area contributed by atoms with Crippen LogP contribution in [0.4, 0.5) is 0 Å². The van der Waals surface area contributed by atoms with E-state index in [1.165, 1.54) is 0 Å². The van der Waals surface area contributed by atoms with Gasteiger partial charge in [-0.05, 0) is 31.6 Å². The molecule has 0 amide bonds. The van der Waals surface area contributed by atoms with Gasteiger partial charge >= 0.3 is 0 Å².